The number of aryl methyl sites for hydroxylation is 1. The fourth-order valence-corrected chi connectivity index (χ4v) is 4.62. The zero-order chi connectivity index (χ0) is 30.6. The number of nitrogens with zero attached hydrogens (tertiary/aromatic N) is 3. The molecule has 0 atom stereocenters. The van der Waals surface area contributed by atoms with E-state index in [2.05, 4.69) is 36.4 Å². The van der Waals surface area contributed by atoms with E-state index in [0.717, 1.165) is 27.7 Å². The lowest BCUT2D eigenvalue weighted by molar-refractivity contribution is -0.122. The predicted molar refractivity (Wildman–Crippen MR) is 168 cm³/mol. The lowest BCUT2D eigenvalue weighted by Crippen LogP contribution is -2.21. The Labute approximate surface area is 250 Å². The number of anilines is 2. The standard InChI is InChI=1S/C34H35N5O4/c1-22-10-12-24(13-11-22)39-32(20-31(38-39)34(2,3)4)37-33(41)36-29-14-15-30(28-9-7-6-8-27(28)29)43-26-16-17-35-23(19-26)18-25(40)21-42-5/h6-17,19-20H,18,21H2,1-5H3,(H2,36,37,41). The minimum Gasteiger partial charge on any atom is -0.457 e. The van der Waals surface area contributed by atoms with E-state index in [1.54, 1.807) is 29.1 Å². The molecule has 0 radical (unpaired) electrons. The Kier molecular flexibility index (Phi) is 8.54. The van der Waals surface area contributed by atoms with Gasteiger partial charge in [0.25, 0.3) is 0 Å². The first-order valence-corrected chi connectivity index (χ1v) is 14.0. The molecule has 0 aliphatic heterocycles. The number of fused-ring (bicyclic) bond motifs is 1. The zero-order valence-corrected chi connectivity index (χ0v) is 25.0. The first-order valence-electron chi connectivity index (χ1n) is 14.0. The van der Waals surface area contributed by atoms with Crippen molar-refractivity contribution < 1.29 is 19.1 Å². The van der Waals surface area contributed by atoms with Gasteiger partial charge >= 0.3 is 6.03 Å². The molecule has 2 aromatic heterocycles. The monoisotopic (exact) mass is 577 g/mol. The van der Waals surface area contributed by atoms with Crippen LogP contribution in [0.4, 0.5) is 16.3 Å². The zero-order valence-electron chi connectivity index (χ0n) is 25.0. The van der Waals surface area contributed by atoms with E-state index < -0.39 is 6.03 Å². The molecule has 2 amide bonds. The molecule has 3 aromatic carbocycles. The van der Waals surface area contributed by atoms with Crippen molar-refractivity contribution in [1.82, 2.24) is 14.8 Å². The summed E-state index contributed by atoms with van der Waals surface area (Å²) >= 11 is 0. The molecule has 5 rings (SSSR count). The van der Waals surface area contributed by atoms with E-state index in [0.29, 0.717) is 28.7 Å². The number of benzene rings is 3. The van der Waals surface area contributed by atoms with Crippen LogP contribution >= 0.6 is 0 Å². The number of Topliss-reactive ketones (excluding diaryl/α,β-unsaturated/α-hetero) is 1. The first kappa shape index (κ1) is 29.5. The van der Waals surface area contributed by atoms with Crippen LogP contribution in [0.3, 0.4) is 0 Å². The molecule has 9 nitrogen and oxygen atoms in total. The van der Waals surface area contributed by atoms with Gasteiger partial charge in [0.2, 0.25) is 0 Å². The van der Waals surface area contributed by atoms with E-state index >= 15 is 0 Å². The first-order chi connectivity index (χ1) is 20.6. The summed E-state index contributed by atoms with van der Waals surface area (Å²) in [6, 6.07) is 24.3. The summed E-state index contributed by atoms with van der Waals surface area (Å²) < 4.78 is 12.9. The van der Waals surface area contributed by atoms with E-state index in [1.807, 2.05) is 67.6 Å². The Morgan fingerprint density at radius 2 is 1.65 bits per heavy atom. The molecule has 5 aromatic rings. The van der Waals surface area contributed by atoms with Gasteiger partial charge in [0.05, 0.1) is 29.2 Å². The Morgan fingerprint density at radius 1 is 0.907 bits per heavy atom. The van der Waals surface area contributed by atoms with Crippen LogP contribution in [0.2, 0.25) is 0 Å². The van der Waals surface area contributed by atoms with Crippen LogP contribution in [0.25, 0.3) is 16.5 Å². The van der Waals surface area contributed by atoms with Crippen LogP contribution in [0.5, 0.6) is 11.5 Å². The number of methoxy groups -OCH3 is 1. The highest BCUT2D eigenvalue weighted by atomic mass is 16.5. The minimum atomic E-state index is -0.396. The van der Waals surface area contributed by atoms with E-state index in [-0.39, 0.29) is 24.2 Å². The number of rotatable bonds is 9. The topological polar surface area (TPSA) is 107 Å². The molecule has 0 spiro atoms. The average Bonchev–Trinajstić information content (AvgIpc) is 3.39. The number of nitrogens with one attached hydrogen (secondary N) is 2. The number of hydrogen-bond donors (Lipinski definition) is 2. The molecular formula is C34H35N5O4. The minimum absolute atomic E-state index is 0.0332. The molecule has 0 saturated carbocycles. The van der Waals surface area contributed by atoms with Crippen LogP contribution in [-0.2, 0) is 21.4 Å². The molecule has 0 fully saturated rings. The molecule has 0 bridgehead atoms. The maximum atomic E-state index is 13.3. The molecule has 2 N–H and O–H groups in total. The average molecular weight is 578 g/mol. The number of urea groups is 1. The SMILES string of the molecule is COCC(=O)Cc1cc(Oc2ccc(NC(=O)Nc3cc(C(C)(C)C)nn3-c3ccc(C)cc3)c3ccccc23)ccn1. The molecule has 43 heavy (non-hydrogen) atoms. The highest BCUT2D eigenvalue weighted by Crippen LogP contribution is 2.35. The Bertz CT molecular complexity index is 1770. The van der Waals surface area contributed by atoms with Crippen LogP contribution in [-0.4, -0.2) is 40.3 Å². The van der Waals surface area contributed by atoms with Crippen LogP contribution in [0, 0.1) is 6.92 Å². The molecule has 0 aliphatic carbocycles. The summed E-state index contributed by atoms with van der Waals surface area (Å²) in [7, 11) is 1.49. The lowest BCUT2D eigenvalue weighted by atomic mass is 9.92. The number of ketones is 1. The van der Waals surface area contributed by atoms with Crippen molar-refractivity contribution in [2.45, 2.75) is 39.5 Å². The van der Waals surface area contributed by atoms with Gasteiger partial charge in [-0.3, -0.25) is 15.1 Å². The van der Waals surface area contributed by atoms with Gasteiger partial charge in [-0.25, -0.2) is 9.48 Å². The number of pyridine rings is 1. The predicted octanol–water partition coefficient (Wildman–Crippen LogP) is 7.22. The summed E-state index contributed by atoms with van der Waals surface area (Å²) in [5, 5.41) is 12.4. The summed E-state index contributed by atoms with van der Waals surface area (Å²) in [4.78, 5) is 29.6. The van der Waals surface area contributed by atoms with Gasteiger partial charge in [-0.15, -0.1) is 0 Å². The Morgan fingerprint density at radius 3 is 2.37 bits per heavy atom. The van der Waals surface area contributed by atoms with Gasteiger partial charge in [0.15, 0.2) is 5.78 Å². The molecule has 0 saturated heterocycles. The van der Waals surface area contributed by atoms with Gasteiger partial charge in [-0.1, -0.05) is 62.7 Å². The highest BCUT2D eigenvalue weighted by Gasteiger charge is 2.22. The van der Waals surface area contributed by atoms with Crippen LogP contribution < -0.4 is 15.4 Å². The second-order valence-electron chi connectivity index (χ2n) is 11.4. The number of carbonyl (C=O) groups excluding carboxylic acids is 2. The normalized spacial score (nSPS) is 11.4. The van der Waals surface area contributed by atoms with Gasteiger partial charge < -0.3 is 14.8 Å². The van der Waals surface area contributed by atoms with Crippen molar-refractivity contribution in [3.8, 4) is 17.2 Å². The van der Waals surface area contributed by atoms with E-state index in [9.17, 15) is 9.59 Å². The molecule has 220 valence electrons. The van der Waals surface area contributed by atoms with Crippen LogP contribution in [0.15, 0.2) is 85.1 Å². The summed E-state index contributed by atoms with van der Waals surface area (Å²) in [6.45, 7) is 8.32. The molecular weight excluding hydrogens is 542 g/mol. The largest absolute Gasteiger partial charge is 0.457 e. The molecule has 0 aliphatic rings. The fourth-order valence-electron chi connectivity index (χ4n) is 4.62. The van der Waals surface area contributed by atoms with Gasteiger partial charge in [0, 0.05) is 41.6 Å². The van der Waals surface area contributed by atoms with Crippen molar-refractivity contribution in [2.75, 3.05) is 24.4 Å². The molecule has 0 unspecified atom stereocenters. The highest BCUT2D eigenvalue weighted by molar-refractivity contribution is 6.07. The summed E-state index contributed by atoms with van der Waals surface area (Å²) in [5.74, 6) is 1.66. The second-order valence-corrected chi connectivity index (χ2v) is 11.4. The van der Waals surface area contributed by atoms with Crippen molar-refractivity contribution in [2.24, 2.45) is 0 Å². The van der Waals surface area contributed by atoms with Crippen LogP contribution in [0.1, 0.15) is 37.7 Å². The Balaban J connectivity index is 1.38. The number of amides is 2. The van der Waals surface area contributed by atoms with E-state index in [4.69, 9.17) is 14.6 Å². The number of carbonyl (C=O) groups is 2. The molecule has 2 heterocycles. The fraction of sp³-hybridized carbons (Fsp3) is 0.235. The summed E-state index contributed by atoms with van der Waals surface area (Å²) in [6.07, 6.45) is 1.77. The van der Waals surface area contributed by atoms with Gasteiger partial charge in [-0.2, -0.15) is 5.10 Å². The van der Waals surface area contributed by atoms with Crippen molar-refractivity contribution in [3.05, 3.63) is 102 Å². The van der Waals surface area contributed by atoms with Gasteiger partial charge in [-0.05, 0) is 37.3 Å². The third-order valence-corrected chi connectivity index (χ3v) is 6.83. The maximum Gasteiger partial charge on any atom is 0.324 e. The number of hydrogen-bond acceptors (Lipinski definition) is 6. The Hall–Kier alpha value is -5.02. The maximum absolute atomic E-state index is 13.3. The lowest BCUT2D eigenvalue weighted by Gasteiger charge is -2.14. The third kappa shape index (κ3) is 7.07. The molecule has 9 heteroatoms. The number of ether oxygens (including phenoxy) is 2. The van der Waals surface area contributed by atoms with Crippen molar-refractivity contribution in [3.63, 3.8) is 0 Å². The van der Waals surface area contributed by atoms with Crippen molar-refractivity contribution >= 4 is 34.1 Å². The summed E-state index contributed by atoms with van der Waals surface area (Å²) in [5.41, 5.74) is 3.87. The number of aromatic nitrogens is 3. The van der Waals surface area contributed by atoms with E-state index in [1.165, 1.54) is 7.11 Å². The smallest absolute Gasteiger partial charge is 0.324 e. The van der Waals surface area contributed by atoms with Gasteiger partial charge in [0.1, 0.15) is 23.9 Å². The quantitative estimate of drug-likeness (QED) is 0.192. The van der Waals surface area contributed by atoms with Crippen molar-refractivity contribution in [1.29, 1.82) is 0 Å². The second kappa shape index (κ2) is 12.5. The third-order valence-electron chi connectivity index (χ3n) is 6.83.